The fourth-order valence-corrected chi connectivity index (χ4v) is 4.61. The Bertz CT molecular complexity index is 1210. The predicted octanol–water partition coefficient (Wildman–Crippen LogP) is 5.76. The minimum absolute atomic E-state index is 0.145. The molecule has 0 bridgehead atoms. The normalized spacial score (nSPS) is 14.6. The smallest absolute Gasteiger partial charge is 0.420 e. The van der Waals surface area contributed by atoms with Crippen LogP contribution in [0.5, 0.6) is 5.75 Å². The second-order valence-electron chi connectivity index (χ2n) is 7.91. The first-order valence-corrected chi connectivity index (χ1v) is 11.6. The number of esters is 1. The molecule has 33 heavy (non-hydrogen) atoms. The van der Waals surface area contributed by atoms with Gasteiger partial charge in [0.1, 0.15) is 11.9 Å². The highest BCUT2D eigenvalue weighted by Gasteiger charge is 2.61. The Morgan fingerprint density at radius 2 is 1.82 bits per heavy atom. The Morgan fingerprint density at radius 3 is 2.36 bits per heavy atom. The molecular formula is C25H26FNO5P+. The van der Waals surface area contributed by atoms with Gasteiger partial charge < -0.3 is 9.84 Å². The van der Waals surface area contributed by atoms with Crippen LogP contribution in [-0.4, -0.2) is 34.4 Å². The number of aliphatic hydroxyl groups excluding tert-OH is 1. The number of halogens is 1. The second-order valence-corrected chi connectivity index (χ2v) is 9.53. The van der Waals surface area contributed by atoms with E-state index in [0.717, 1.165) is 6.08 Å². The van der Waals surface area contributed by atoms with Crippen molar-refractivity contribution >= 4 is 24.9 Å². The number of hydrogen-bond donors (Lipinski definition) is 1. The molecule has 8 heteroatoms. The fraction of sp³-hybridized carbons (Fsp3) is 0.280. The van der Waals surface area contributed by atoms with Crippen molar-refractivity contribution in [2.75, 3.05) is 7.11 Å². The summed E-state index contributed by atoms with van der Waals surface area (Å²) in [7, 11) is -1.52. The summed E-state index contributed by atoms with van der Waals surface area (Å²) in [6, 6.07) is 13.1. The van der Waals surface area contributed by atoms with Gasteiger partial charge in [0.25, 0.3) is 0 Å². The van der Waals surface area contributed by atoms with Crippen molar-refractivity contribution in [3.63, 3.8) is 0 Å². The molecule has 0 saturated carbocycles. The average Bonchev–Trinajstić information content (AvgIpc) is 2.79. The predicted molar refractivity (Wildman–Crippen MR) is 126 cm³/mol. The largest absolute Gasteiger partial charge is 0.533 e. The Hall–Kier alpha value is -2.99. The lowest BCUT2D eigenvalue weighted by atomic mass is 9.95. The first-order valence-electron chi connectivity index (χ1n) is 10.4. The lowest BCUT2D eigenvalue weighted by molar-refractivity contribution is -0.138. The Balaban J connectivity index is 2.33. The van der Waals surface area contributed by atoms with Crippen molar-refractivity contribution in [1.82, 2.24) is 4.98 Å². The minimum atomic E-state index is -2.69. The monoisotopic (exact) mass is 470 g/mol. The zero-order chi connectivity index (χ0) is 24.3. The number of ether oxygens (including phenoxy) is 1. The highest BCUT2D eigenvalue weighted by molar-refractivity contribution is 7.43. The van der Waals surface area contributed by atoms with E-state index in [1.807, 2.05) is 38.1 Å². The van der Waals surface area contributed by atoms with Gasteiger partial charge in [-0.25, -0.2) is 14.2 Å². The molecule has 3 rings (SSSR count). The third kappa shape index (κ3) is 4.44. The van der Waals surface area contributed by atoms with Crippen LogP contribution in [-0.2, 0) is 13.9 Å². The molecule has 0 aliphatic carbocycles. The standard InChI is InChI=1S/C25H26FNO5P/c1-6-25(16(4)28,33(30)31-5)24(29)32-23-21(17-11-13-18(26)14-12-17)19-9-7-8-10-20(19)27-22(23)15(2)3/h6-16,28H,1H2,2-5H3/q+1. The van der Waals surface area contributed by atoms with Crippen molar-refractivity contribution in [3.8, 4) is 16.9 Å². The maximum Gasteiger partial charge on any atom is 0.533 e. The van der Waals surface area contributed by atoms with E-state index in [4.69, 9.17) is 14.2 Å². The Morgan fingerprint density at radius 1 is 1.18 bits per heavy atom. The van der Waals surface area contributed by atoms with Crippen LogP contribution in [0.2, 0.25) is 0 Å². The average molecular weight is 470 g/mol. The van der Waals surface area contributed by atoms with E-state index in [1.165, 1.54) is 26.2 Å². The number of benzene rings is 2. The van der Waals surface area contributed by atoms with Gasteiger partial charge in [0.15, 0.2) is 5.75 Å². The van der Waals surface area contributed by atoms with Gasteiger partial charge in [-0.1, -0.05) is 50.8 Å². The molecule has 0 saturated heterocycles. The zero-order valence-electron chi connectivity index (χ0n) is 18.9. The van der Waals surface area contributed by atoms with E-state index in [9.17, 15) is 18.9 Å². The fourth-order valence-electron chi connectivity index (χ4n) is 3.66. The maximum atomic E-state index is 13.7. The molecule has 0 spiro atoms. The number of carbonyl (C=O) groups excluding carboxylic acids is 1. The molecule has 1 aromatic heterocycles. The molecule has 1 heterocycles. The number of carbonyl (C=O) groups is 1. The van der Waals surface area contributed by atoms with Gasteiger partial charge in [-0.3, -0.25) is 0 Å². The van der Waals surface area contributed by atoms with Gasteiger partial charge in [-0.15, -0.1) is 4.52 Å². The molecule has 172 valence electrons. The maximum absolute atomic E-state index is 13.7. The third-order valence-electron chi connectivity index (χ3n) is 5.49. The molecule has 0 amide bonds. The first-order chi connectivity index (χ1) is 15.7. The summed E-state index contributed by atoms with van der Waals surface area (Å²) >= 11 is 0. The first kappa shape index (κ1) is 24.6. The molecule has 0 fully saturated rings. The highest BCUT2D eigenvalue weighted by Crippen LogP contribution is 2.47. The van der Waals surface area contributed by atoms with E-state index in [2.05, 4.69) is 6.58 Å². The number of pyridine rings is 1. The van der Waals surface area contributed by atoms with Crippen LogP contribution in [0, 0.1) is 5.82 Å². The zero-order valence-corrected chi connectivity index (χ0v) is 19.8. The number of rotatable bonds is 8. The van der Waals surface area contributed by atoms with Gasteiger partial charge in [0.05, 0.1) is 18.3 Å². The molecule has 3 atom stereocenters. The lowest BCUT2D eigenvalue weighted by Crippen LogP contribution is -2.46. The summed E-state index contributed by atoms with van der Waals surface area (Å²) in [6.45, 7) is 8.71. The van der Waals surface area contributed by atoms with Crippen LogP contribution in [0.25, 0.3) is 22.0 Å². The van der Waals surface area contributed by atoms with Crippen LogP contribution < -0.4 is 4.74 Å². The van der Waals surface area contributed by atoms with Gasteiger partial charge in [0.2, 0.25) is 0 Å². The minimum Gasteiger partial charge on any atom is -0.420 e. The van der Waals surface area contributed by atoms with Gasteiger partial charge in [0, 0.05) is 10.9 Å². The quantitative estimate of drug-likeness (QED) is 0.256. The highest BCUT2D eigenvalue weighted by atomic mass is 31.1. The van der Waals surface area contributed by atoms with Crippen molar-refractivity contribution in [3.05, 3.63) is 72.7 Å². The number of fused-ring (bicyclic) bond motifs is 1. The van der Waals surface area contributed by atoms with Gasteiger partial charge in [-0.05, 0) is 47.2 Å². The summed E-state index contributed by atoms with van der Waals surface area (Å²) in [5.74, 6) is -1.40. The van der Waals surface area contributed by atoms with Crippen molar-refractivity contribution in [2.45, 2.75) is 37.9 Å². The number of hydrogen-bond acceptors (Lipinski definition) is 6. The number of aliphatic hydroxyl groups is 1. The SMILES string of the molecule is C=CC(C(=O)Oc1c(C(C)C)nc2ccccc2c1-c1ccc(F)cc1)(C(C)O)[P+](=O)OC. The molecule has 0 radical (unpaired) electrons. The van der Waals surface area contributed by atoms with E-state index < -0.39 is 31.1 Å². The summed E-state index contributed by atoms with van der Waals surface area (Å²) in [4.78, 5) is 18.2. The van der Waals surface area contributed by atoms with Crippen molar-refractivity contribution < 1.29 is 28.1 Å². The summed E-state index contributed by atoms with van der Waals surface area (Å²) in [6.07, 6.45) is -0.320. The number of nitrogens with zero attached hydrogens (tertiary/aromatic N) is 1. The Labute approximate surface area is 192 Å². The van der Waals surface area contributed by atoms with Crippen LogP contribution in [0.3, 0.4) is 0 Å². The van der Waals surface area contributed by atoms with E-state index in [-0.39, 0.29) is 11.7 Å². The van der Waals surface area contributed by atoms with Crippen molar-refractivity contribution in [2.24, 2.45) is 0 Å². The van der Waals surface area contributed by atoms with Crippen molar-refractivity contribution in [1.29, 1.82) is 0 Å². The van der Waals surface area contributed by atoms with Gasteiger partial charge in [-0.2, -0.15) is 0 Å². The summed E-state index contributed by atoms with van der Waals surface area (Å²) in [5.41, 5.74) is 2.30. The molecule has 3 unspecified atom stereocenters. The molecule has 6 nitrogen and oxygen atoms in total. The molecule has 3 aromatic rings. The molecular weight excluding hydrogens is 444 g/mol. The molecule has 2 aromatic carbocycles. The van der Waals surface area contributed by atoms with E-state index >= 15 is 0 Å². The second kappa shape index (κ2) is 9.87. The number of aromatic nitrogens is 1. The molecule has 0 aliphatic heterocycles. The van der Waals surface area contributed by atoms with Crippen LogP contribution >= 0.6 is 8.03 Å². The topological polar surface area (TPSA) is 85.7 Å². The number of para-hydroxylation sites is 1. The van der Waals surface area contributed by atoms with E-state index in [0.29, 0.717) is 27.7 Å². The molecule has 1 N–H and O–H groups in total. The lowest BCUT2D eigenvalue weighted by Gasteiger charge is -2.23. The molecule has 0 aliphatic rings. The van der Waals surface area contributed by atoms with E-state index in [1.54, 1.807) is 12.1 Å². The summed E-state index contributed by atoms with van der Waals surface area (Å²) in [5, 5.41) is 9.08. The van der Waals surface area contributed by atoms with Crippen LogP contribution in [0.15, 0.2) is 61.2 Å². The van der Waals surface area contributed by atoms with Gasteiger partial charge >= 0.3 is 19.2 Å². The third-order valence-corrected chi connectivity index (χ3v) is 7.17. The van der Waals surface area contributed by atoms with Crippen LogP contribution in [0.4, 0.5) is 4.39 Å². The van der Waals surface area contributed by atoms with Crippen LogP contribution in [0.1, 0.15) is 32.4 Å². The summed E-state index contributed by atoms with van der Waals surface area (Å²) < 4.78 is 37.2. The Kier molecular flexibility index (Phi) is 7.38.